The molecule has 25 heavy (non-hydrogen) atoms. The third kappa shape index (κ3) is 2.42. The molecule has 0 bridgehead atoms. The summed E-state index contributed by atoms with van der Waals surface area (Å²) < 4.78 is 15.6. The molecule has 0 aliphatic carbocycles. The smallest absolute Gasteiger partial charge is 0.185 e. The Balaban J connectivity index is 2.01. The average molecular weight is 329 g/mol. The zero-order chi connectivity index (χ0) is 17.4. The standard InChI is InChI=1S/C19H12FN5/c1-12-9-15(13-5-4-8-22-11-13)16(10-21)19-23-18(24-25(12)19)14-6-2-3-7-17(14)20/h2-9,11H,1H3. The van der Waals surface area contributed by atoms with E-state index in [1.54, 1.807) is 35.1 Å². The molecule has 4 aromatic rings. The van der Waals surface area contributed by atoms with Crippen molar-refractivity contribution in [3.63, 3.8) is 0 Å². The van der Waals surface area contributed by atoms with Crippen LogP contribution in [0.3, 0.4) is 0 Å². The van der Waals surface area contributed by atoms with Crippen LogP contribution in [0.4, 0.5) is 4.39 Å². The Morgan fingerprint density at radius 1 is 1.12 bits per heavy atom. The first-order valence-corrected chi connectivity index (χ1v) is 7.65. The number of rotatable bonds is 2. The molecule has 0 unspecified atom stereocenters. The molecule has 1 aromatic carbocycles. The highest BCUT2D eigenvalue weighted by atomic mass is 19.1. The van der Waals surface area contributed by atoms with Gasteiger partial charge in [-0.2, -0.15) is 5.26 Å². The van der Waals surface area contributed by atoms with Crippen molar-refractivity contribution in [1.29, 1.82) is 5.26 Å². The average Bonchev–Trinajstić information content (AvgIpc) is 3.08. The molecule has 3 heterocycles. The van der Waals surface area contributed by atoms with Gasteiger partial charge >= 0.3 is 0 Å². The Kier molecular flexibility index (Phi) is 3.47. The van der Waals surface area contributed by atoms with Crippen LogP contribution < -0.4 is 0 Å². The molecule has 0 saturated heterocycles. The van der Waals surface area contributed by atoms with Crippen LogP contribution in [-0.2, 0) is 0 Å². The summed E-state index contributed by atoms with van der Waals surface area (Å²) in [6.07, 6.45) is 3.37. The summed E-state index contributed by atoms with van der Waals surface area (Å²) in [4.78, 5) is 8.54. The highest BCUT2D eigenvalue weighted by Crippen LogP contribution is 2.28. The van der Waals surface area contributed by atoms with Gasteiger partial charge in [-0.15, -0.1) is 5.10 Å². The van der Waals surface area contributed by atoms with Crippen molar-refractivity contribution in [3.8, 4) is 28.6 Å². The van der Waals surface area contributed by atoms with E-state index in [0.29, 0.717) is 16.8 Å². The van der Waals surface area contributed by atoms with E-state index in [-0.39, 0.29) is 5.82 Å². The van der Waals surface area contributed by atoms with Crippen molar-refractivity contribution >= 4 is 5.65 Å². The predicted octanol–water partition coefficient (Wildman–Crippen LogP) is 3.78. The Morgan fingerprint density at radius 2 is 1.96 bits per heavy atom. The van der Waals surface area contributed by atoms with Crippen LogP contribution in [0.2, 0.25) is 0 Å². The molecule has 0 N–H and O–H groups in total. The molecule has 3 aromatic heterocycles. The van der Waals surface area contributed by atoms with Gasteiger partial charge in [-0.1, -0.05) is 18.2 Å². The summed E-state index contributed by atoms with van der Waals surface area (Å²) in [6, 6.07) is 14.1. The number of pyridine rings is 2. The molecule has 0 amide bonds. The Hall–Kier alpha value is -3.59. The van der Waals surface area contributed by atoms with Crippen LogP contribution in [0, 0.1) is 24.1 Å². The van der Waals surface area contributed by atoms with Gasteiger partial charge in [0.15, 0.2) is 11.5 Å². The maximum absolute atomic E-state index is 14.1. The molecule has 0 atom stereocenters. The summed E-state index contributed by atoms with van der Waals surface area (Å²) in [6.45, 7) is 1.87. The fourth-order valence-electron chi connectivity index (χ4n) is 2.80. The SMILES string of the molecule is Cc1cc(-c2cccnc2)c(C#N)c2nc(-c3ccccc3F)nn12. The lowest BCUT2D eigenvalue weighted by Gasteiger charge is -2.07. The van der Waals surface area contributed by atoms with Gasteiger partial charge in [0.25, 0.3) is 0 Å². The van der Waals surface area contributed by atoms with Crippen LogP contribution >= 0.6 is 0 Å². The maximum atomic E-state index is 14.1. The second-order valence-electron chi connectivity index (χ2n) is 5.58. The van der Waals surface area contributed by atoms with Crippen molar-refractivity contribution in [3.05, 3.63) is 71.9 Å². The third-order valence-electron chi connectivity index (χ3n) is 3.99. The minimum Gasteiger partial charge on any atom is -0.264 e. The topological polar surface area (TPSA) is 66.9 Å². The number of aromatic nitrogens is 4. The van der Waals surface area contributed by atoms with Crippen LogP contribution in [0.15, 0.2) is 54.9 Å². The van der Waals surface area contributed by atoms with Gasteiger partial charge in [0.2, 0.25) is 0 Å². The first kappa shape index (κ1) is 15.0. The number of fused-ring (bicyclic) bond motifs is 1. The van der Waals surface area contributed by atoms with E-state index in [0.717, 1.165) is 16.8 Å². The van der Waals surface area contributed by atoms with E-state index < -0.39 is 5.82 Å². The van der Waals surface area contributed by atoms with Gasteiger partial charge in [-0.3, -0.25) is 4.98 Å². The van der Waals surface area contributed by atoms with E-state index >= 15 is 0 Å². The zero-order valence-electron chi connectivity index (χ0n) is 13.3. The second-order valence-corrected chi connectivity index (χ2v) is 5.58. The largest absolute Gasteiger partial charge is 0.264 e. The van der Waals surface area contributed by atoms with Crippen molar-refractivity contribution in [2.24, 2.45) is 0 Å². The van der Waals surface area contributed by atoms with E-state index in [1.165, 1.54) is 6.07 Å². The van der Waals surface area contributed by atoms with Crippen LogP contribution in [0.5, 0.6) is 0 Å². The number of halogens is 1. The number of hydrogen-bond acceptors (Lipinski definition) is 4. The number of hydrogen-bond donors (Lipinski definition) is 0. The van der Waals surface area contributed by atoms with E-state index in [2.05, 4.69) is 21.1 Å². The first-order valence-electron chi connectivity index (χ1n) is 7.65. The molecular formula is C19H12FN5. The normalized spacial score (nSPS) is 10.8. The molecule has 0 spiro atoms. The number of nitrogens with zero attached hydrogens (tertiary/aromatic N) is 5. The van der Waals surface area contributed by atoms with Gasteiger partial charge in [0.05, 0.1) is 5.56 Å². The minimum absolute atomic E-state index is 0.251. The summed E-state index contributed by atoms with van der Waals surface area (Å²) in [5.41, 5.74) is 3.43. The van der Waals surface area contributed by atoms with Gasteiger partial charge in [-0.05, 0) is 31.2 Å². The van der Waals surface area contributed by atoms with Crippen molar-refractivity contribution in [2.45, 2.75) is 6.92 Å². The zero-order valence-corrected chi connectivity index (χ0v) is 13.3. The number of benzene rings is 1. The number of aryl methyl sites for hydroxylation is 1. The first-order chi connectivity index (χ1) is 12.2. The molecule has 0 radical (unpaired) electrons. The molecule has 6 heteroatoms. The predicted molar refractivity (Wildman–Crippen MR) is 91.1 cm³/mol. The Morgan fingerprint density at radius 3 is 2.68 bits per heavy atom. The molecular weight excluding hydrogens is 317 g/mol. The third-order valence-corrected chi connectivity index (χ3v) is 3.99. The fourth-order valence-corrected chi connectivity index (χ4v) is 2.80. The molecule has 0 aliphatic heterocycles. The van der Waals surface area contributed by atoms with Gasteiger partial charge in [-0.25, -0.2) is 13.9 Å². The van der Waals surface area contributed by atoms with Gasteiger partial charge < -0.3 is 0 Å². The van der Waals surface area contributed by atoms with Crippen LogP contribution in [-0.4, -0.2) is 19.6 Å². The molecule has 0 fully saturated rings. The monoisotopic (exact) mass is 329 g/mol. The lowest BCUT2D eigenvalue weighted by Crippen LogP contribution is -1.99. The summed E-state index contributed by atoms with van der Waals surface area (Å²) >= 11 is 0. The Bertz CT molecular complexity index is 1130. The summed E-state index contributed by atoms with van der Waals surface area (Å²) in [7, 11) is 0. The lowest BCUT2D eigenvalue weighted by molar-refractivity contribution is 0.630. The highest BCUT2D eigenvalue weighted by Gasteiger charge is 2.18. The molecule has 120 valence electrons. The quantitative estimate of drug-likeness (QED) is 0.561. The van der Waals surface area contributed by atoms with Crippen molar-refractivity contribution in [1.82, 2.24) is 19.6 Å². The van der Waals surface area contributed by atoms with Crippen LogP contribution in [0.25, 0.3) is 28.2 Å². The maximum Gasteiger partial charge on any atom is 0.185 e. The van der Waals surface area contributed by atoms with Crippen molar-refractivity contribution in [2.75, 3.05) is 0 Å². The van der Waals surface area contributed by atoms with Gasteiger partial charge in [0, 0.05) is 29.2 Å². The molecule has 0 saturated carbocycles. The van der Waals surface area contributed by atoms with E-state index in [4.69, 9.17) is 0 Å². The Labute approximate surface area is 143 Å². The van der Waals surface area contributed by atoms with E-state index in [1.807, 2.05) is 25.1 Å². The van der Waals surface area contributed by atoms with Crippen LogP contribution in [0.1, 0.15) is 11.3 Å². The van der Waals surface area contributed by atoms with E-state index in [9.17, 15) is 9.65 Å². The molecule has 4 rings (SSSR count). The highest BCUT2D eigenvalue weighted by molar-refractivity contribution is 5.78. The second kappa shape index (κ2) is 5.80. The lowest BCUT2D eigenvalue weighted by atomic mass is 10.0. The van der Waals surface area contributed by atoms with Gasteiger partial charge in [0.1, 0.15) is 17.4 Å². The molecule has 0 aliphatic rings. The fraction of sp³-hybridized carbons (Fsp3) is 0.0526. The molecule has 5 nitrogen and oxygen atoms in total. The summed E-state index contributed by atoms with van der Waals surface area (Å²) in [5.74, 6) is -0.150. The number of nitriles is 1. The van der Waals surface area contributed by atoms with Crippen molar-refractivity contribution < 1.29 is 4.39 Å². The minimum atomic E-state index is -0.401. The summed E-state index contributed by atoms with van der Waals surface area (Å²) in [5, 5.41) is 14.1.